The molecule has 2 N–H and O–H groups in total. The normalized spacial score (nSPS) is 10.9. The Morgan fingerprint density at radius 3 is 2.13 bits per heavy atom. The minimum atomic E-state index is -0.906. The van der Waals surface area contributed by atoms with Gasteiger partial charge in [-0.25, -0.2) is 4.39 Å². The molecule has 0 aliphatic carbocycles. The summed E-state index contributed by atoms with van der Waals surface area (Å²) in [5.74, 6) is -0.952. The Bertz CT molecular complexity index is 1400. The van der Waals surface area contributed by atoms with Gasteiger partial charge in [-0.2, -0.15) is 0 Å². The van der Waals surface area contributed by atoms with Gasteiger partial charge in [0.2, 0.25) is 0 Å². The Kier molecular flexibility index (Phi) is 8.64. The molecule has 38 heavy (non-hydrogen) atoms. The van der Waals surface area contributed by atoms with Crippen LogP contribution in [-0.4, -0.2) is 21.8 Å². The van der Waals surface area contributed by atoms with Crippen LogP contribution in [0.1, 0.15) is 60.6 Å². The topological polar surface area (TPSA) is 79.3 Å². The van der Waals surface area contributed by atoms with Crippen LogP contribution >= 0.6 is 0 Å². The number of rotatable bonds is 11. The summed E-state index contributed by atoms with van der Waals surface area (Å²) in [6.45, 7) is 4.90. The predicted octanol–water partition coefficient (Wildman–Crippen LogP) is 7.73. The number of aromatic nitrogens is 1. The lowest BCUT2D eigenvalue weighted by atomic mass is 9.93. The highest BCUT2D eigenvalue weighted by molar-refractivity contribution is 5.94. The van der Waals surface area contributed by atoms with Crippen LogP contribution in [0.5, 0.6) is 0 Å². The SMILES string of the molecule is CC(C)c1ccc(CNc2ccc(-c3ccc(F)cc3)cc2)c(-c2ccc(C(=O)CCCC(=O)O)nc2)c1. The molecule has 0 bridgehead atoms. The fraction of sp³-hybridized carbons (Fsp3) is 0.219. The largest absolute Gasteiger partial charge is 0.481 e. The fourth-order valence-electron chi connectivity index (χ4n) is 4.24. The standard InChI is InChI=1S/C32H31FN2O3/c1-21(2)24-6-7-25(19-34-28-15-10-23(11-16-28)22-8-13-27(33)14-9-22)29(18-24)26-12-17-30(35-20-26)31(36)4-3-5-32(37)38/h6-18,20-21,34H,3-5,19H2,1-2H3,(H,37,38). The number of aliphatic carboxylic acids is 1. The average Bonchev–Trinajstić information content (AvgIpc) is 2.92. The van der Waals surface area contributed by atoms with E-state index in [0.717, 1.165) is 33.5 Å². The number of nitrogens with one attached hydrogen (secondary N) is 1. The molecule has 1 aromatic heterocycles. The van der Waals surface area contributed by atoms with Crippen LogP contribution in [0.25, 0.3) is 22.3 Å². The van der Waals surface area contributed by atoms with Gasteiger partial charge in [0.1, 0.15) is 11.5 Å². The molecule has 1 heterocycles. The fourth-order valence-corrected chi connectivity index (χ4v) is 4.24. The molecule has 5 nitrogen and oxygen atoms in total. The highest BCUT2D eigenvalue weighted by Crippen LogP contribution is 2.29. The van der Waals surface area contributed by atoms with Crippen molar-refractivity contribution in [3.63, 3.8) is 0 Å². The number of halogens is 1. The van der Waals surface area contributed by atoms with E-state index in [4.69, 9.17) is 5.11 Å². The lowest BCUT2D eigenvalue weighted by molar-refractivity contribution is -0.137. The average molecular weight is 511 g/mol. The molecule has 0 saturated carbocycles. The zero-order valence-electron chi connectivity index (χ0n) is 21.6. The molecule has 0 unspecified atom stereocenters. The molecule has 0 spiro atoms. The van der Waals surface area contributed by atoms with Crippen LogP contribution in [0, 0.1) is 5.82 Å². The molecule has 0 radical (unpaired) electrons. The number of Topliss-reactive ketones (excluding diaryl/α,β-unsaturated/α-hetero) is 1. The maximum atomic E-state index is 13.2. The van der Waals surface area contributed by atoms with E-state index in [0.29, 0.717) is 24.6 Å². The van der Waals surface area contributed by atoms with E-state index in [1.54, 1.807) is 24.4 Å². The van der Waals surface area contributed by atoms with Crippen LogP contribution in [0.2, 0.25) is 0 Å². The van der Waals surface area contributed by atoms with E-state index < -0.39 is 5.97 Å². The van der Waals surface area contributed by atoms with Gasteiger partial charge in [-0.3, -0.25) is 14.6 Å². The maximum absolute atomic E-state index is 13.2. The first kappa shape index (κ1) is 26.7. The van der Waals surface area contributed by atoms with Gasteiger partial charge >= 0.3 is 5.97 Å². The highest BCUT2D eigenvalue weighted by Gasteiger charge is 2.12. The molecule has 0 aliphatic heterocycles. The molecule has 0 atom stereocenters. The lowest BCUT2D eigenvalue weighted by Gasteiger charge is -2.16. The second kappa shape index (κ2) is 12.3. The van der Waals surface area contributed by atoms with Crippen molar-refractivity contribution in [2.45, 2.75) is 45.6 Å². The third-order valence-electron chi connectivity index (χ3n) is 6.50. The Morgan fingerprint density at radius 1 is 0.868 bits per heavy atom. The molecule has 0 aliphatic rings. The smallest absolute Gasteiger partial charge is 0.303 e. The van der Waals surface area contributed by atoms with Crippen molar-refractivity contribution in [3.05, 3.63) is 108 Å². The van der Waals surface area contributed by atoms with E-state index >= 15 is 0 Å². The first-order chi connectivity index (χ1) is 18.3. The van der Waals surface area contributed by atoms with Gasteiger partial charge in [-0.05, 0) is 70.5 Å². The minimum absolute atomic E-state index is 0.0306. The van der Waals surface area contributed by atoms with E-state index in [-0.39, 0.29) is 24.4 Å². The molecule has 4 aromatic rings. The van der Waals surface area contributed by atoms with Gasteiger partial charge in [0, 0.05) is 36.8 Å². The minimum Gasteiger partial charge on any atom is -0.481 e. The zero-order chi connectivity index (χ0) is 27.1. The van der Waals surface area contributed by atoms with Crippen LogP contribution in [0.4, 0.5) is 10.1 Å². The number of benzene rings is 3. The van der Waals surface area contributed by atoms with E-state index in [1.807, 2.05) is 30.3 Å². The summed E-state index contributed by atoms with van der Waals surface area (Å²) in [5.41, 5.74) is 7.56. The summed E-state index contributed by atoms with van der Waals surface area (Å²) < 4.78 is 13.2. The van der Waals surface area contributed by atoms with Crippen molar-refractivity contribution in [2.24, 2.45) is 0 Å². The van der Waals surface area contributed by atoms with Gasteiger partial charge in [0.05, 0.1) is 0 Å². The van der Waals surface area contributed by atoms with Crippen molar-refractivity contribution >= 4 is 17.4 Å². The molecular formula is C32H31FN2O3. The summed E-state index contributed by atoms with van der Waals surface area (Å²) in [6, 6.07) is 24.5. The van der Waals surface area contributed by atoms with Crippen molar-refractivity contribution in [2.75, 3.05) is 5.32 Å². The van der Waals surface area contributed by atoms with Gasteiger partial charge < -0.3 is 10.4 Å². The van der Waals surface area contributed by atoms with Crippen molar-refractivity contribution in [1.82, 2.24) is 4.98 Å². The number of hydrogen-bond donors (Lipinski definition) is 2. The molecule has 0 fully saturated rings. The molecular weight excluding hydrogens is 479 g/mol. The summed E-state index contributed by atoms with van der Waals surface area (Å²) >= 11 is 0. The number of nitrogens with zero attached hydrogens (tertiary/aromatic N) is 1. The van der Waals surface area contributed by atoms with Crippen LogP contribution in [-0.2, 0) is 11.3 Å². The van der Waals surface area contributed by atoms with E-state index in [1.165, 1.54) is 17.7 Å². The van der Waals surface area contributed by atoms with Crippen LogP contribution in [0.3, 0.4) is 0 Å². The second-order valence-corrected chi connectivity index (χ2v) is 9.61. The predicted molar refractivity (Wildman–Crippen MR) is 149 cm³/mol. The first-order valence-electron chi connectivity index (χ1n) is 12.7. The van der Waals surface area contributed by atoms with Crippen molar-refractivity contribution in [1.29, 1.82) is 0 Å². The third kappa shape index (κ3) is 6.91. The van der Waals surface area contributed by atoms with E-state index in [2.05, 4.69) is 42.3 Å². The maximum Gasteiger partial charge on any atom is 0.303 e. The summed E-state index contributed by atoms with van der Waals surface area (Å²) in [4.78, 5) is 27.5. The lowest BCUT2D eigenvalue weighted by Crippen LogP contribution is -2.05. The van der Waals surface area contributed by atoms with Crippen molar-refractivity contribution in [3.8, 4) is 22.3 Å². The Balaban J connectivity index is 1.50. The van der Waals surface area contributed by atoms with E-state index in [9.17, 15) is 14.0 Å². The number of carboxylic acids is 1. The molecule has 194 valence electrons. The second-order valence-electron chi connectivity index (χ2n) is 9.61. The summed E-state index contributed by atoms with van der Waals surface area (Å²) in [7, 11) is 0. The Hall–Kier alpha value is -4.32. The molecule has 0 amide bonds. The van der Waals surface area contributed by atoms with Crippen LogP contribution < -0.4 is 5.32 Å². The van der Waals surface area contributed by atoms with Gasteiger partial charge in [0.15, 0.2) is 5.78 Å². The Morgan fingerprint density at radius 2 is 1.53 bits per heavy atom. The van der Waals surface area contributed by atoms with Gasteiger partial charge in [-0.15, -0.1) is 0 Å². The van der Waals surface area contributed by atoms with Gasteiger partial charge in [0.25, 0.3) is 0 Å². The molecule has 4 rings (SSSR count). The number of carbonyl (C=O) groups excluding carboxylic acids is 1. The number of anilines is 1. The zero-order valence-corrected chi connectivity index (χ0v) is 21.6. The number of ketones is 1. The molecule has 6 heteroatoms. The monoisotopic (exact) mass is 510 g/mol. The summed E-state index contributed by atoms with van der Waals surface area (Å²) in [5, 5.41) is 12.3. The number of carbonyl (C=O) groups is 2. The third-order valence-corrected chi connectivity index (χ3v) is 6.50. The number of hydrogen-bond acceptors (Lipinski definition) is 4. The van der Waals surface area contributed by atoms with Crippen LogP contribution in [0.15, 0.2) is 85.1 Å². The van der Waals surface area contributed by atoms with Crippen molar-refractivity contribution < 1.29 is 19.1 Å². The number of carboxylic acid groups (broad SMARTS) is 1. The Labute approximate surface area is 222 Å². The van der Waals surface area contributed by atoms with Gasteiger partial charge in [-0.1, -0.05) is 62.4 Å². The quantitative estimate of drug-likeness (QED) is 0.202. The summed E-state index contributed by atoms with van der Waals surface area (Å²) in [6.07, 6.45) is 2.15. The first-order valence-corrected chi connectivity index (χ1v) is 12.7. The molecule has 0 saturated heterocycles. The molecule has 3 aromatic carbocycles. The highest BCUT2D eigenvalue weighted by atomic mass is 19.1. The number of pyridine rings is 1.